The summed E-state index contributed by atoms with van der Waals surface area (Å²) in [6, 6.07) is 12.1. The van der Waals surface area contributed by atoms with Gasteiger partial charge >= 0.3 is 0 Å². The van der Waals surface area contributed by atoms with E-state index in [4.69, 9.17) is 11.6 Å². The van der Waals surface area contributed by atoms with Crippen molar-refractivity contribution in [3.63, 3.8) is 0 Å². The second-order valence-electron chi connectivity index (χ2n) is 6.09. The van der Waals surface area contributed by atoms with Gasteiger partial charge < -0.3 is 5.32 Å². The molecule has 0 spiro atoms. The van der Waals surface area contributed by atoms with E-state index in [2.05, 4.69) is 5.32 Å². The van der Waals surface area contributed by atoms with Crippen LogP contribution in [-0.4, -0.2) is 22.9 Å². The van der Waals surface area contributed by atoms with Gasteiger partial charge in [0.2, 0.25) is 11.8 Å². The van der Waals surface area contributed by atoms with Crippen LogP contribution in [0.3, 0.4) is 0 Å². The molecule has 1 N–H and O–H groups in total. The van der Waals surface area contributed by atoms with Crippen molar-refractivity contribution >= 4 is 46.6 Å². The number of aryl methyl sites for hydroxylation is 1. The molecule has 1 aliphatic heterocycles. The molecule has 2 aromatic rings. The zero-order chi connectivity index (χ0) is 18.8. The molecule has 136 valence electrons. The number of rotatable bonds is 4. The molecule has 1 saturated heterocycles. The summed E-state index contributed by atoms with van der Waals surface area (Å²) in [4.78, 5) is 25.8. The van der Waals surface area contributed by atoms with Crippen molar-refractivity contribution in [1.29, 1.82) is 0 Å². The zero-order valence-electron chi connectivity index (χ0n) is 14.3. The van der Waals surface area contributed by atoms with Crippen LogP contribution in [0.15, 0.2) is 42.5 Å². The number of nitrogens with one attached hydrogen (secondary N) is 1. The second-order valence-corrected chi connectivity index (χ2v) is 7.81. The molecular formula is C19H18ClFN2O2S. The van der Waals surface area contributed by atoms with Crippen LogP contribution in [0.25, 0.3) is 0 Å². The van der Waals surface area contributed by atoms with Gasteiger partial charge in [0.1, 0.15) is 16.6 Å². The highest BCUT2D eigenvalue weighted by Gasteiger charge is 2.34. The lowest BCUT2D eigenvalue weighted by atomic mass is 10.1. The Kier molecular flexibility index (Phi) is 5.53. The Morgan fingerprint density at radius 3 is 2.81 bits per heavy atom. The monoisotopic (exact) mass is 392 g/mol. The maximum absolute atomic E-state index is 14.0. The standard InChI is InChI=1S/C19H18ClFN2O2S/c1-11-6-7-15(9-16(11)21)23-17(24)10-26-19(23)13-4-3-5-14(8-13)22-18(25)12(2)20/h3-9,12,19H,10H2,1-2H3,(H,22,25)/t12-,19-/m1/s1. The summed E-state index contributed by atoms with van der Waals surface area (Å²) >= 11 is 7.26. The Morgan fingerprint density at radius 2 is 2.12 bits per heavy atom. The van der Waals surface area contributed by atoms with Crippen LogP contribution in [0.2, 0.25) is 0 Å². The number of amides is 2. The highest BCUT2D eigenvalue weighted by atomic mass is 35.5. The molecule has 0 radical (unpaired) electrons. The van der Waals surface area contributed by atoms with Gasteiger partial charge in [-0.3, -0.25) is 14.5 Å². The molecule has 0 saturated carbocycles. The lowest BCUT2D eigenvalue weighted by Crippen LogP contribution is -2.28. The van der Waals surface area contributed by atoms with E-state index in [1.54, 1.807) is 43.0 Å². The number of benzene rings is 2. The van der Waals surface area contributed by atoms with Crippen LogP contribution in [0.5, 0.6) is 0 Å². The Morgan fingerprint density at radius 1 is 1.35 bits per heavy atom. The van der Waals surface area contributed by atoms with Crippen molar-refractivity contribution in [3.05, 3.63) is 59.4 Å². The van der Waals surface area contributed by atoms with Crippen LogP contribution < -0.4 is 10.2 Å². The maximum atomic E-state index is 14.0. The number of hydrogen-bond donors (Lipinski definition) is 1. The molecule has 0 aliphatic carbocycles. The average Bonchev–Trinajstić information content (AvgIpc) is 2.99. The molecule has 0 bridgehead atoms. The third kappa shape index (κ3) is 3.86. The molecule has 1 heterocycles. The molecule has 3 rings (SSSR count). The van der Waals surface area contributed by atoms with Gasteiger partial charge in [0.05, 0.1) is 5.75 Å². The Hall–Kier alpha value is -2.05. The van der Waals surface area contributed by atoms with Gasteiger partial charge in [0.15, 0.2) is 0 Å². The van der Waals surface area contributed by atoms with Gasteiger partial charge in [0.25, 0.3) is 0 Å². The predicted octanol–water partition coefficient (Wildman–Crippen LogP) is 4.48. The Labute approximate surface area is 160 Å². The fraction of sp³-hybridized carbons (Fsp3) is 0.263. The fourth-order valence-electron chi connectivity index (χ4n) is 2.69. The number of halogens is 2. The first-order valence-corrected chi connectivity index (χ1v) is 9.60. The molecule has 0 aromatic heterocycles. The summed E-state index contributed by atoms with van der Waals surface area (Å²) in [6.07, 6.45) is 0. The van der Waals surface area contributed by atoms with Crippen molar-refractivity contribution in [3.8, 4) is 0 Å². The van der Waals surface area contributed by atoms with E-state index in [0.29, 0.717) is 22.7 Å². The molecule has 1 aliphatic rings. The summed E-state index contributed by atoms with van der Waals surface area (Å²) in [5.74, 6) is -0.401. The molecule has 2 atom stereocenters. The van der Waals surface area contributed by atoms with Crippen LogP contribution in [0.4, 0.5) is 15.8 Å². The van der Waals surface area contributed by atoms with Crippen molar-refractivity contribution < 1.29 is 14.0 Å². The number of thioether (sulfide) groups is 1. The van der Waals surface area contributed by atoms with E-state index < -0.39 is 5.38 Å². The van der Waals surface area contributed by atoms with Gasteiger partial charge in [-0.25, -0.2) is 4.39 Å². The predicted molar refractivity (Wildman–Crippen MR) is 104 cm³/mol. The van der Waals surface area contributed by atoms with E-state index in [-0.39, 0.29) is 23.0 Å². The van der Waals surface area contributed by atoms with Crippen molar-refractivity contribution in [2.45, 2.75) is 24.6 Å². The average molecular weight is 393 g/mol. The summed E-state index contributed by atoms with van der Waals surface area (Å²) in [5, 5.41) is 1.82. The van der Waals surface area contributed by atoms with Crippen LogP contribution in [0, 0.1) is 12.7 Å². The number of anilines is 2. The summed E-state index contributed by atoms with van der Waals surface area (Å²) in [5.41, 5.74) is 2.51. The highest BCUT2D eigenvalue weighted by Crippen LogP contribution is 2.42. The van der Waals surface area contributed by atoms with Gasteiger partial charge in [-0.2, -0.15) is 0 Å². The van der Waals surface area contributed by atoms with Crippen molar-refractivity contribution in [2.24, 2.45) is 0 Å². The third-order valence-corrected chi connectivity index (χ3v) is 5.51. The number of alkyl halides is 1. The first kappa shape index (κ1) is 18.7. The number of carbonyl (C=O) groups excluding carboxylic acids is 2. The lowest BCUT2D eigenvalue weighted by molar-refractivity contribution is -0.116. The van der Waals surface area contributed by atoms with Gasteiger partial charge in [-0.1, -0.05) is 18.2 Å². The number of hydrogen-bond acceptors (Lipinski definition) is 3. The number of nitrogens with zero attached hydrogens (tertiary/aromatic N) is 1. The van der Waals surface area contributed by atoms with Crippen LogP contribution in [0.1, 0.15) is 23.4 Å². The fourth-order valence-corrected chi connectivity index (χ4v) is 3.91. The molecule has 2 aromatic carbocycles. The first-order valence-electron chi connectivity index (χ1n) is 8.11. The Balaban J connectivity index is 1.91. The summed E-state index contributed by atoms with van der Waals surface area (Å²) < 4.78 is 14.0. The highest BCUT2D eigenvalue weighted by molar-refractivity contribution is 8.00. The van der Waals surface area contributed by atoms with Crippen LogP contribution >= 0.6 is 23.4 Å². The molecule has 4 nitrogen and oxygen atoms in total. The topological polar surface area (TPSA) is 49.4 Å². The van der Waals surface area contributed by atoms with Crippen molar-refractivity contribution in [1.82, 2.24) is 0 Å². The van der Waals surface area contributed by atoms with Gasteiger partial charge in [0, 0.05) is 11.4 Å². The van der Waals surface area contributed by atoms with Crippen LogP contribution in [-0.2, 0) is 9.59 Å². The minimum Gasteiger partial charge on any atom is -0.325 e. The van der Waals surface area contributed by atoms with E-state index in [0.717, 1.165) is 5.56 Å². The quantitative estimate of drug-likeness (QED) is 0.780. The molecule has 7 heteroatoms. The Bertz CT molecular complexity index is 859. The van der Waals surface area contributed by atoms with E-state index in [1.807, 2.05) is 12.1 Å². The third-order valence-electron chi connectivity index (χ3n) is 4.10. The van der Waals surface area contributed by atoms with E-state index in [1.165, 1.54) is 17.8 Å². The second kappa shape index (κ2) is 7.68. The minimum atomic E-state index is -0.645. The van der Waals surface area contributed by atoms with E-state index >= 15 is 0 Å². The van der Waals surface area contributed by atoms with E-state index in [9.17, 15) is 14.0 Å². The normalized spacial score (nSPS) is 18.1. The molecule has 1 fully saturated rings. The minimum absolute atomic E-state index is 0.0768. The smallest absolute Gasteiger partial charge is 0.242 e. The summed E-state index contributed by atoms with van der Waals surface area (Å²) in [6.45, 7) is 3.28. The lowest BCUT2D eigenvalue weighted by Gasteiger charge is -2.25. The largest absolute Gasteiger partial charge is 0.325 e. The molecular weight excluding hydrogens is 375 g/mol. The van der Waals surface area contributed by atoms with Gasteiger partial charge in [-0.15, -0.1) is 23.4 Å². The summed E-state index contributed by atoms with van der Waals surface area (Å²) in [7, 11) is 0. The molecule has 26 heavy (non-hydrogen) atoms. The molecule has 0 unspecified atom stereocenters. The zero-order valence-corrected chi connectivity index (χ0v) is 15.9. The first-order chi connectivity index (χ1) is 12.4. The number of carbonyl (C=O) groups is 2. The van der Waals surface area contributed by atoms with Gasteiger partial charge in [-0.05, 0) is 49.2 Å². The van der Waals surface area contributed by atoms with Crippen molar-refractivity contribution in [2.75, 3.05) is 16.0 Å². The molecule has 2 amide bonds. The maximum Gasteiger partial charge on any atom is 0.242 e. The SMILES string of the molecule is Cc1ccc(N2C(=O)CS[C@@H]2c2cccc(NC(=O)[C@@H](C)Cl)c2)cc1F.